The summed E-state index contributed by atoms with van der Waals surface area (Å²) >= 11 is 0. The van der Waals surface area contributed by atoms with Crippen molar-refractivity contribution in [2.45, 2.75) is 33.4 Å². The normalized spacial score (nSPS) is 14.0. The van der Waals surface area contributed by atoms with Crippen molar-refractivity contribution in [2.75, 3.05) is 43.1 Å². The number of aryl methyl sites for hydroxylation is 1. The Kier molecular flexibility index (Phi) is 7.25. The van der Waals surface area contributed by atoms with E-state index in [9.17, 15) is 9.18 Å². The molecule has 4 heterocycles. The van der Waals surface area contributed by atoms with Crippen LogP contribution in [-0.2, 0) is 10.4 Å². The zero-order chi connectivity index (χ0) is 25.0. The summed E-state index contributed by atoms with van der Waals surface area (Å²) in [5.41, 5.74) is 1.95. The number of aromatic nitrogens is 3. The van der Waals surface area contributed by atoms with Gasteiger partial charge in [-0.25, -0.2) is 14.4 Å². The van der Waals surface area contributed by atoms with Gasteiger partial charge in [0.15, 0.2) is 5.82 Å². The second kappa shape index (κ2) is 10.4. The Labute approximate surface area is 204 Å². The number of anilines is 2. The molecule has 0 spiro atoms. The number of hydrogen-bond donors (Lipinski definition) is 1. The van der Waals surface area contributed by atoms with Crippen LogP contribution in [0.2, 0.25) is 0 Å². The molecule has 3 aromatic heterocycles. The van der Waals surface area contributed by atoms with Gasteiger partial charge in [0, 0.05) is 48.4 Å². The van der Waals surface area contributed by atoms with Crippen LogP contribution in [0.4, 0.5) is 15.9 Å². The monoisotopic (exact) mass is 479 g/mol. The SMILES string of the molecule is CCOc1cc(-c2cc(NC(=O)c3ccnc(C(C)(C)F)c3)c(N3CCOCC3)nc2C)ccn1. The van der Waals surface area contributed by atoms with Gasteiger partial charge in [-0.15, -0.1) is 0 Å². The Bertz CT molecular complexity index is 1210. The number of hydrogen-bond acceptors (Lipinski definition) is 7. The van der Waals surface area contributed by atoms with Gasteiger partial charge < -0.3 is 19.7 Å². The number of alkyl halides is 1. The molecule has 0 aromatic carbocycles. The van der Waals surface area contributed by atoms with E-state index in [4.69, 9.17) is 14.5 Å². The van der Waals surface area contributed by atoms with Gasteiger partial charge in [-0.2, -0.15) is 0 Å². The van der Waals surface area contributed by atoms with Crippen LogP contribution in [0.1, 0.15) is 42.5 Å². The molecule has 1 aliphatic heterocycles. The van der Waals surface area contributed by atoms with Gasteiger partial charge in [-0.3, -0.25) is 9.78 Å². The van der Waals surface area contributed by atoms with E-state index in [0.717, 1.165) is 16.8 Å². The molecule has 8 nitrogen and oxygen atoms in total. The van der Waals surface area contributed by atoms with Gasteiger partial charge >= 0.3 is 0 Å². The smallest absolute Gasteiger partial charge is 0.255 e. The van der Waals surface area contributed by atoms with E-state index >= 15 is 0 Å². The quantitative estimate of drug-likeness (QED) is 0.532. The topological polar surface area (TPSA) is 89.5 Å². The van der Waals surface area contributed by atoms with Gasteiger partial charge in [0.25, 0.3) is 5.91 Å². The number of carbonyl (C=O) groups is 1. The molecule has 35 heavy (non-hydrogen) atoms. The number of ether oxygens (including phenoxy) is 2. The molecule has 0 aliphatic carbocycles. The third-order valence-electron chi connectivity index (χ3n) is 5.72. The van der Waals surface area contributed by atoms with Crippen LogP contribution in [0.15, 0.2) is 42.7 Å². The predicted molar refractivity (Wildman–Crippen MR) is 133 cm³/mol. The Morgan fingerprint density at radius 1 is 1.17 bits per heavy atom. The molecule has 1 saturated heterocycles. The average Bonchev–Trinajstić information content (AvgIpc) is 2.85. The molecule has 4 rings (SSSR count). The van der Waals surface area contributed by atoms with Crippen LogP contribution in [0.25, 0.3) is 11.1 Å². The first kappa shape index (κ1) is 24.5. The highest BCUT2D eigenvalue weighted by atomic mass is 19.1. The summed E-state index contributed by atoms with van der Waals surface area (Å²) in [5, 5.41) is 3.00. The van der Waals surface area contributed by atoms with Gasteiger partial charge in [-0.05, 0) is 57.5 Å². The second-order valence-electron chi connectivity index (χ2n) is 8.76. The molecular formula is C26H30FN5O3. The molecule has 1 amide bonds. The number of nitrogens with zero attached hydrogens (tertiary/aromatic N) is 4. The molecule has 9 heteroatoms. The van der Waals surface area contributed by atoms with Crippen molar-refractivity contribution >= 4 is 17.4 Å². The summed E-state index contributed by atoms with van der Waals surface area (Å²) in [6.45, 7) is 9.65. The van der Waals surface area contributed by atoms with Crippen LogP contribution in [-0.4, -0.2) is 53.8 Å². The number of halogens is 1. The molecule has 1 N–H and O–H groups in total. The highest BCUT2D eigenvalue weighted by molar-refractivity contribution is 6.06. The maximum absolute atomic E-state index is 14.4. The number of morpholine rings is 1. The molecule has 0 radical (unpaired) electrons. The van der Waals surface area contributed by atoms with Crippen LogP contribution in [0.3, 0.4) is 0 Å². The van der Waals surface area contributed by atoms with E-state index in [2.05, 4.69) is 20.2 Å². The lowest BCUT2D eigenvalue weighted by Crippen LogP contribution is -2.37. The van der Waals surface area contributed by atoms with E-state index in [-0.39, 0.29) is 11.6 Å². The number of carbonyl (C=O) groups excluding carboxylic acids is 1. The summed E-state index contributed by atoms with van der Waals surface area (Å²) in [5.74, 6) is 0.821. The molecule has 3 aromatic rings. The first-order chi connectivity index (χ1) is 16.8. The zero-order valence-electron chi connectivity index (χ0n) is 20.5. The number of nitrogens with one attached hydrogen (secondary N) is 1. The summed E-state index contributed by atoms with van der Waals surface area (Å²) in [4.78, 5) is 28.5. The van der Waals surface area contributed by atoms with Gasteiger partial charge in [0.1, 0.15) is 5.67 Å². The number of pyridine rings is 3. The summed E-state index contributed by atoms with van der Waals surface area (Å²) in [7, 11) is 0. The highest BCUT2D eigenvalue weighted by Gasteiger charge is 2.24. The summed E-state index contributed by atoms with van der Waals surface area (Å²) < 4.78 is 25.5. The molecule has 1 aliphatic rings. The van der Waals surface area contributed by atoms with Gasteiger partial charge in [0.05, 0.1) is 31.2 Å². The standard InChI is InChI=1S/C26H30FN5O3/c1-5-35-23-15-18(6-9-29-23)20-16-21(24(30-17(20)2)32-10-12-34-13-11-32)31-25(33)19-7-8-28-22(14-19)26(3,4)27/h6-9,14-16H,5,10-13H2,1-4H3,(H,31,33). The largest absolute Gasteiger partial charge is 0.478 e. The van der Waals surface area contributed by atoms with Crippen LogP contribution in [0.5, 0.6) is 5.88 Å². The summed E-state index contributed by atoms with van der Waals surface area (Å²) in [6.07, 6.45) is 3.13. The Morgan fingerprint density at radius 2 is 1.91 bits per heavy atom. The van der Waals surface area contributed by atoms with E-state index in [0.29, 0.717) is 55.9 Å². The van der Waals surface area contributed by atoms with Gasteiger partial charge in [-0.1, -0.05) is 0 Å². The van der Waals surface area contributed by atoms with Crippen molar-refractivity contribution in [3.63, 3.8) is 0 Å². The van der Waals surface area contributed by atoms with Crippen molar-refractivity contribution in [3.8, 4) is 17.0 Å². The van der Waals surface area contributed by atoms with E-state index in [1.54, 1.807) is 12.3 Å². The third-order valence-corrected chi connectivity index (χ3v) is 5.72. The first-order valence-electron chi connectivity index (χ1n) is 11.7. The zero-order valence-corrected chi connectivity index (χ0v) is 20.5. The Hall–Kier alpha value is -3.59. The Morgan fingerprint density at radius 3 is 2.63 bits per heavy atom. The molecule has 0 unspecified atom stereocenters. The lowest BCUT2D eigenvalue weighted by atomic mass is 10.0. The fraction of sp³-hybridized carbons (Fsp3) is 0.385. The van der Waals surface area contributed by atoms with Crippen molar-refractivity contribution < 1.29 is 18.7 Å². The molecule has 0 saturated carbocycles. The lowest BCUT2D eigenvalue weighted by Gasteiger charge is -2.30. The van der Waals surface area contributed by atoms with Crippen molar-refractivity contribution in [3.05, 3.63) is 59.7 Å². The van der Waals surface area contributed by atoms with E-state index in [1.807, 2.05) is 32.0 Å². The van der Waals surface area contributed by atoms with Crippen molar-refractivity contribution in [1.82, 2.24) is 15.0 Å². The predicted octanol–water partition coefficient (Wildman–Crippen LogP) is 4.54. The van der Waals surface area contributed by atoms with E-state index < -0.39 is 5.67 Å². The van der Waals surface area contributed by atoms with Crippen LogP contribution < -0.4 is 15.0 Å². The average molecular weight is 480 g/mol. The fourth-order valence-electron chi connectivity index (χ4n) is 3.89. The second-order valence-corrected chi connectivity index (χ2v) is 8.76. The molecule has 0 atom stereocenters. The molecule has 1 fully saturated rings. The minimum absolute atomic E-state index is 0.196. The molecule has 184 valence electrons. The molecular weight excluding hydrogens is 449 g/mol. The highest BCUT2D eigenvalue weighted by Crippen LogP contribution is 2.34. The summed E-state index contributed by atoms with van der Waals surface area (Å²) in [6, 6.07) is 8.69. The van der Waals surface area contributed by atoms with Crippen molar-refractivity contribution in [2.24, 2.45) is 0 Å². The minimum Gasteiger partial charge on any atom is -0.478 e. The molecule has 0 bridgehead atoms. The first-order valence-corrected chi connectivity index (χ1v) is 11.7. The lowest BCUT2D eigenvalue weighted by molar-refractivity contribution is 0.102. The maximum Gasteiger partial charge on any atom is 0.255 e. The maximum atomic E-state index is 14.4. The number of rotatable bonds is 7. The van der Waals surface area contributed by atoms with E-state index in [1.165, 1.54) is 26.1 Å². The van der Waals surface area contributed by atoms with Crippen LogP contribution in [0, 0.1) is 6.92 Å². The third kappa shape index (κ3) is 5.74. The Balaban J connectivity index is 1.74. The van der Waals surface area contributed by atoms with Gasteiger partial charge in [0.2, 0.25) is 5.88 Å². The van der Waals surface area contributed by atoms with Crippen LogP contribution >= 0.6 is 0 Å². The fourth-order valence-corrected chi connectivity index (χ4v) is 3.89. The number of amides is 1. The minimum atomic E-state index is -1.66. The van der Waals surface area contributed by atoms with Crippen molar-refractivity contribution in [1.29, 1.82) is 0 Å².